The van der Waals surface area contributed by atoms with E-state index in [1.165, 1.54) is 13.1 Å². The van der Waals surface area contributed by atoms with Gasteiger partial charge in [-0.2, -0.15) is 0 Å². The molecule has 1 aliphatic carbocycles. The third kappa shape index (κ3) is 3.27. The first-order valence-electron chi connectivity index (χ1n) is 8.60. The number of carbonyl (C=O) groups excluding carboxylic acids is 3. The smallest absolute Gasteiger partial charge is 0.174 e. The Hall–Kier alpha value is -2.88. The Labute approximate surface area is 153 Å². The van der Waals surface area contributed by atoms with Gasteiger partial charge in [0.05, 0.1) is 5.69 Å². The first-order chi connectivity index (χ1) is 12.3. The summed E-state index contributed by atoms with van der Waals surface area (Å²) >= 11 is 0. The number of Topliss-reactive ketones (excluding diaryl/α,β-unsaturated/α-hetero) is 3. The Morgan fingerprint density at radius 1 is 1.12 bits per heavy atom. The quantitative estimate of drug-likeness (QED) is 0.480. The molecular weight excluding hydrogens is 326 g/mol. The molecule has 132 valence electrons. The molecule has 1 aliphatic rings. The van der Waals surface area contributed by atoms with Gasteiger partial charge in [-0.25, -0.2) is 0 Å². The number of benzene rings is 1. The number of carbonyl (C=O) groups is 3. The summed E-state index contributed by atoms with van der Waals surface area (Å²) in [4.78, 5) is 41.3. The number of hydrogen-bond acceptors (Lipinski definition) is 4. The van der Waals surface area contributed by atoms with E-state index in [9.17, 15) is 14.4 Å². The predicted molar refractivity (Wildman–Crippen MR) is 100 cm³/mol. The van der Waals surface area contributed by atoms with Crippen LogP contribution < -0.4 is 0 Å². The molecule has 1 atom stereocenters. The fourth-order valence-corrected chi connectivity index (χ4v) is 3.69. The Morgan fingerprint density at radius 3 is 2.38 bits per heavy atom. The van der Waals surface area contributed by atoms with Gasteiger partial charge in [0.15, 0.2) is 17.3 Å². The molecule has 0 amide bonds. The second kappa shape index (κ2) is 6.79. The summed E-state index contributed by atoms with van der Waals surface area (Å²) in [6.45, 7) is 7.36. The van der Waals surface area contributed by atoms with Crippen LogP contribution in [-0.4, -0.2) is 22.3 Å². The van der Waals surface area contributed by atoms with E-state index in [2.05, 4.69) is 4.98 Å². The van der Waals surface area contributed by atoms with Gasteiger partial charge in [-0.3, -0.25) is 19.4 Å². The monoisotopic (exact) mass is 347 g/mol. The third-order valence-corrected chi connectivity index (χ3v) is 4.80. The number of allylic oxidation sites excluding steroid dienone is 1. The van der Waals surface area contributed by atoms with Crippen LogP contribution in [0.4, 0.5) is 0 Å². The molecule has 4 heteroatoms. The van der Waals surface area contributed by atoms with Crippen molar-refractivity contribution >= 4 is 23.4 Å². The van der Waals surface area contributed by atoms with Crippen molar-refractivity contribution in [1.29, 1.82) is 0 Å². The topological polar surface area (TPSA) is 64.1 Å². The van der Waals surface area contributed by atoms with E-state index < -0.39 is 5.92 Å². The van der Waals surface area contributed by atoms with E-state index in [1.54, 1.807) is 18.2 Å². The van der Waals surface area contributed by atoms with Gasteiger partial charge in [0.1, 0.15) is 5.92 Å². The Morgan fingerprint density at radius 2 is 1.77 bits per heavy atom. The SMILES string of the molecule is CC(=O)c1ccnc(/C=C2\CC(=O)C(c3c(C)cc(C)cc3C)C2=O)c1. The number of ketones is 3. The van der Waals surface area contributed by atoms with E-state index >= 15 is 0 Å². The van der Waals surface area contributed by atoms with Crippen LogP contribution in [-0.2, 0) is 9.59 Å². The van der Waals surface area contributed by atoms with E-state index in [1.807, 2.05) is 32.9 Å². The van der Waals surface area contributed by atoms with E-state index in [0.717, 1.165) is 22.3 Å². The normalized spacial score (nSPS) is 18.6. The molecule has 0 bridgehead atoms. The highest BCUT2D eigenvalue weighted by atomic mass is 16.2. The van der Waals surface area contributed by atoms with Crippen LogP contribution in [0.25, 0.3) is 6.08 Å². The van der Waals surface area contributed by atoms with Crippen molar-refractivity contribution in [2.24, 2.45) is 0 Å². The molecule has 1 aromatic carbocycles. The lowest BCUT2D eigenvalue weighted by Gasteiger charge is -2.15. The van der Waals surface area contributed by atoms with Gasteiger partial charge in [-0.05, 0) is 62.6 Å². The summed E-state index contributed by atoms with van der Waals surface area (Å²) < 4.78 is 0. The van der Waals surface area contributed by atoms with Crippen LogP contribution in [0.3, 0.4) is 0 Å². The molecule has 2 aromatic rings. The van der Waals surface area contributed by atoms with E-state index in [4.69, 9.17) is 0 Å². The third-order valence-electron chi connectivity index (χ3n) is 4.80. The molecule has 26 heavy (non-hydrogen) atoms. The molecule has 1 aromatic heterocycles. The number of pyridine rings is 1. The van der Waals surface area contributed by atoms with E-state index in [-0.39, 0.29) is 23.8 Å². The van der Waals surface area contributed by atoms with E-state index in [0.29, 0.717) is 16.8 Å². The number of nitrogens with zero attached hydrogens (tertiary/aromatic N) is 1. The maximum Gasteiger partial charge on any atom is 0.174 e. The lowest BCUT2D eigenvalue weighted by molar-refractivity contribution is -0.123. The standard InChI is InChI=1S/C22H21NO3/c1-12-7-13(2)20(14(3)8-12)21-19(25)11-17(22(21)26)10-18-9-16(15(4)24)5-6-23-18/h5-10,21H,11H2,1-4H3/b17-10+. The first-order valence-corrected chi connectivity index (χ1v) is 8.60. The van der Waals surface area contributed by atoms with Crippen molar-refractivity contribution < 1.29 is 14.4 Å². The van der Waals surface area contributed by atoms with Crippen molar-refractivity contribution in [3.05, 3.63) is 69.5 Å². The summed E-state index contributed by atoms with van der Waals surface area (Å²) in [6.07, 6.45) is 3.27. The molecule has 1 unspecified atom stereocenters. The molecule has 0 aliphatic heterocycles. The zero-order chi connectivity index (χ0) is 19.0. The molecule has 4 nitrogen and oxygen atoms in total. The van der Waals surface area contributed by atoms with Crippen LogP contribution in [0.5, 0.6) is 0 Å². The summed E-state index contributed by atoms with van der Waals surface area (Å²) in [5.41, 5.74) is 5.37. The summed E-state index contributed by atoms with van der Waals surface area (Å²) in [6, 6.07) is 7.28. The van der Waals surface area contributed by atoms with Gasteiger partial charge in [-0.15, -0.1) is 0 Å². The second-order valence-corrected chi connectivity index (χ2v) is 6.95. The minimum Gasteiger partial charge on any atom is -0.298 e. The van der Waals surface area contributed by atoms with Crippen molar-refractivity contribution in [2.45, 2.75) is 40.0 Å². The van der Waals surface area contributed by atoms with Gasteiger partial charge in [-0.1, -0.05) is 17.7 Å². The molecule has 1 saturated carbocycles. The number of rotatable bonds is 3. The second-order valence-electron chi connectivity index (χ2n) is 6.95. The van der Waals surface area contributed by atoms with Gasteiger partial charge in [0.2, 0.25) is 0 Å². The highest BCUT2D eigenvalue weighted by molar-refractivity contribution is 6.24. The van der Waals surface area contributed by atoms with Gasteiger partial charge < -0.3 is 0 Å². The van der Waals surface area contributed by atoms with Crippen LogP contribution in [0.1, 0.15) is 57.6 Å². The minimum absolute atomic E-state index is 0.0651. The van der Waals surface area contributed by atoms with Crippen LogP contribution in [0, 0.1) is 20.8 Å². The molecule has 0 saturated heterocycles. The molecule has 0 N–H and O–H groups in total. The summed E-state index contributed by atoms with van der Waals surface area (Å²) in [7, 11) is 0. The van der Waals surface area contributed by atoms with Crippen molar-refractivity contribution in [2.75, 3.05) is 0 Å². The van der Waals surface area contributed by atoms with Gasteiger partial charge in [0, 0.05) is 23.8 Å². The Balaban J connectivity index is 2.00. The highest BCUT2D eigenvalue weighted by Crippen LogP contribution is 2.36. The lowest BCUT2D eigenvalue weighted by Crippen LogP contribution is -2.15. The predicted octanol–water partition coefficient (Wildman–Crippen LogP) is 3.92. The number of aromatic nitrogens is 1. The van der Waals surface area contributed by atoms with Crippen molar-refractivity contribution in [3.8, 4) is 0 Å². The zero-order valence-electron chi connectivity index (χ0n) is 15.4. The summed E-state index contributed by atoms with van der Waals surface area (Å²) in [5, 5.41) is 0. The maximum absolute atomic E-state index is 12.9. The largest absolute Gasteiger partial charge is 0.298 e. The first kappa shape index (κ1) is 17.9. The fraction of sp³-hybridized carbons (Fsp3) is 0.273. The van der Waals surface area contributed by atoms with Gasteiger partial charge in [0.25, 0.3) is 0 Å². The number of hydrogen-bond donors (Lipinski definition) is 0. The molecule has 0 spiro atoms. The van der Waals surface area contributed by atoms with Crippen LogP contribution in [0.15, 0.2) is 36.0 Å². The van der Waals surface area contributed by atoms with Crippen LogP contribution >= 0.6 is 0 Å². The van der Waals surface area contributed by atoms with Crippen molar-refractivity contribution in [1.82, 2.24) is 4.98 Å². The average Bonchev–Trinajstić information content (AvgIpc) is 2.82. The number of aryl methyl sites for hydroxylation is 3. The Bertz CT molecular complexity index is 946. The van der Waals surface area contributed by atoms with Crippen molar-refractivity contribution in [3.63, 3.8) is 0 Å². The molecule has 1 heterocycles. The highest BCUT2D eigenvalue weighted by Gasteiger charge is 2.39. The zero-order valence-corrected chi connectivity index (χ0v) is 15.4. The fourth-order valence-electron chi connectivity index (χ4n) is 3.69. The molecule has 0 radical (unpaired) electrons. The molecular formula is C22H21NO3. The summed E-state index contributed by atoms with van der Waals surface area (Å²) in [5.74, 6) is -1.05. The molecule has 3 rings (SSSR count). The van der Waals surface area contributed by atoms with Crippen LogP contribution in [0.2, 0.25) is 0 Å². The minimum atomic E-state index is -0.738. The average molecular weight is 347 g/mol. The lowest BCUT2D eigenvalue weighted by atomic mass is 9.87. The molecule has 1 fully saturated rings. The maximum atomic E-state index is 12.9. The Kier molecular flexibility index (Phi) is 4.68. The van der Waals surface area contributed by atoms with Gasteiger partial charge >= 0.3 is 0 Å².